The van der Waals surface area contributed by atoms with Crippen LogP contribution in [0.25, 0.3) is 0 Å². The van der Waals surface area contributed by atoms with Crippen LogP contribution in [0.3, 0.4) is 0 Å². The smallest absolute Gasteiger partial charge is 0.310 e. The number of halogens is 1. The van der Waals surface area contributed by atoms with Gasteiger partial charge in [-0.2, -0.15) is 0 Å². The molecule has 4 nitrogen and oxygen atoms in total. The Bertz CT molecular complexity index is 685. The van der Waals surface area contributed by atoms with Crippen LogP contribution in [0, 0.1) is 37.5 Å². The third-order valence-electron chi connectivity index (χ3n) is 5.76. The zero-order chi connectivity index (χ0) is 15.6. The van der Waals surface area contributed by atoms with Crippen LogP contribution in [0.1, 0.15) is 24.0 Å². The van der Waals surface area contributed by atoms with E-state index in [1.807, 2.05) is 26.0 Å². The van der Waals surface area contributed by atoms with Crippen LogP contribution in [-0.4, -0.2) is 18.0 Å². The molecular formula is C17H18BrNO3. The number of esters is 1. The first kappa shape index (κ1) is 14.2. The Hall–Kier alpha value is -1.36. The SMILES string of the molecule is Cc1c(Br)ccc(NC(=O)[C@@H]2[C@@H]3C[C@@H]4[C@@H]2C(=O)O[C@H]4C3)c1C. The van der Waals surface area contributed by atoms with Crippen LogP contribution in [0.4, 0.5) is 5.69 Å². The molecule has 0 aromatic heterocycles. The highest BCUT2D eigenvalue weighted by molar-refractivity contribution is 9.10. The summed E-state index contributed by atoms with van der Waals surface area (Å²) in [6.07, 6.45) is 1.88. The number of nitrogens with one attached hydrogen (secondary N) is 1. The van der Waals surface area contributed by atoms with Gasteiger partial charge in [-0.15, -0.1) is 0 Å². The van der Waals surface area contributed by atoms with Crippen LogP contribution in [0.2, 0.25) is 0 Å². The molecule has 4 rings (SSSR count). The second-order valence-electron chi connectivity index (χ2n) is 6.76. The summed E-state index contributed by atoms with van der Waals surface area (Å²) in [5, 5.41) is 3.04. The van der Waals surface area contributed by atoms with Crippen LogP contribution in [0.15, 0.2) is 16.6 Å². The minimum atomic E-state index is -0.223. The number of benzene rings is 1. The molecule has 1 aliphatic heterocycles. The van der Waals surface area contributed by atoms with Crippen LogP contribution < -0.4 is 5.32 Å². The Morgan fingerprint density at radius 1 is 1.27 bits per heavy atom. The van der Waals surface area contributed by atoms with E-state index in [0.717, 1.165) is 34.1 Å². The molecule has 1 N–H and O–H groups in total. The molecule has 2 bridgehead atoms. The van der Waals surface area contributed by atoms with Crippen molar-refractivity contribution in [2.45, 2.75) is 32.8 Å². The standard InChI is InChI=1S/C17H18BrNO3/c1-7-8(2)12(4-3-11(7)18)19-16(20)14-9-5-10-13(6-9)22-17(21)15(10)14/h3-4,9-10,13-15H,5-6H2,1-2H3,(H,19,20)/t9-,10+,13+,14-,15+/m1/s1. The van der Waals surface area contributed by atoms with Gasteiger partial charge < -0.3 is 10.1 Å². The second kappa shape index (κ2) is 4.82. The Morgan fingerprint density at radius 3 is 2.82 bits per heavy atom. The van der Waals surface area contributed by atoms with Gasteiger partial charge in [0.25, 0.3) is 0 Å². The first-order valence-corrected chi connectivity index (χ1v) is 8.53. The Balaban J connectivity index is 1.59. The molecule has 0 radical (unpaired) electrons. The summed E-state index contributed by atoms with van der Waals surface area (Å²) in [7, 11) is 0. The lowest BCUT2D eigenvalue weighted by Gasteiger charge is -2.24. The van der Waals surface area contributed by atoms with Crippen LogP contribution >= 0.6 is 15.9 Å². The summed E-state index contributed by atoms with van der Waals surface area (Å²) in [4.78, 5) is 24.8. The minimum Gasteiger partial charge on any atom is -0.462 e. The van der Waals surface area contributed by atoms with Gasteiger partial charge in [-0.1, -0.05) is 15.9 Å². The van der Waals surface area contributed by atoms with Crippen molar-refractivity contribution < 1.29 is 14.3 Å². The number of hydrogen-bond acceptors (Lipinski definition) is 3. The van der Waals surface area contributed by atoms with Crippen molar-refractivity contribution >= 4 is 33.5 Å². The molecule has 116 valence electrons. The Kier molecular flexibility index (Phi) is 3.12. The van der Waals surface area contributed by atoms with Crippen LogP contribution in [-0.2, 0) is 14.3 Å². The molecule has 0 unspecified atom stereocenters. The van der Waals surface area contributed by atoms with Gasteiger partial charge in [-0.25, -0.2) is 0 Å². The number of hydrogen-bond donors (Lipinski definition) is 1. The summed E-state index contributed by atoms with van der Waals surface area (Å²) in [5.41, 5.74) is 3.00. The lowest BCUT2D eigenvalue weighted by Crippen LogP contribution is -2.36. The summed E-state index contributed by atoms with van der Waals surface area (Å²) in [6.45, 7) is 4.02. The lowest BCUT2D eigenvalue weighted by molar-refractivity contribution is -0.145. The molecule has 1 amide bonds. The fourth-order valence-corrected chi connectivity index (χ4v) is 4.93. The maximum atomic E-state index is 12.8. The quantitative estimate of drug-likeness (QED) is 0.820. The van der Waals surface area contributed by atoms with Crippen molar-refractivity contribution in [2.75, 3.05) is 5.32 Å². The van der Waals surface area contributed by atoms with E-state index in [1.165, 1.54) is 0 Å². The molecule has 5 heteroatoms. The molecule has 2 aliphatic carbocycles. The van der Waals surface area contributed by atoms with Gasteiger partial charge in [0.1, 0.15) is 6.10 Å². The van der Waals surface area contributed by atoms with E-state index in [2.05, 4.69) is 21.2 Å². The lowest BCUT2D eigenvalue weighted by atomic mass is 9.79. The monoisotopic (exact) mass is 363 g/mol. The number of amides is 1. The molecular weight excluding hydrogens is 346 g/mol. The maximum Gasteiger partial charge on any atom is 0.310 e. The van der Waals surface area contributed by atoms with Gasteiger partial charge in [0, 0.05) is 16.1 Å². The third kappa shape index (κ3) is 1.87. The van der Waals surface area contributed by atoms with Gasteiger partial charge in [-0.3, -0.25) is 9.59 Å². The first-order valence-electron chi connectivity index (χ1n) is 7.74. The van der Waals surface area contributed by atoms with Crippen molar-refractivity contribution in [2.24, 2.45) is 23.7 Å². The number of carbonyl (C=O) groups excluding carboxylic acids is 2. The number of ether oxygens (including phenoxy) is 1. The predicted molar refractivity (Wildman–Crippen MR) is 85.3 cm³/mol. The molecule has 0 spiro atoms. The highest BCUT2D eigenvalue weighted by Gasteiger charge is 2.63. The molecule has 2 saturated carbocycles. The second-order valence-corrected chi connectivity index (χ2v) is 7.61. The molecule has 3 aliphatic rings. The van der Waals surface area contributed by atoms with Crippen molar-refractivity contribution in [3.8, 4) is 0 Å². The average Bonchev–Trinajstić information content (AvgIpc) is 3.09. The summed E-state index contributed by atoms with van der Waals surface area (Å²) >= 11 is 3.50. The molecule has 5 atom stereocenters. The van der Waals surface area contributed by atoms with Gasteiger partial charge in [0.2, 0.25) is 5.91 Å². The topological polar surface area (TPSA) is 55.4 Å². The Labute approximate surface area is 137 Å². The van der Waals surface area contributed by atoms with E-state index in [4.69, 9.17) is 4.74 Å². The largest absolute Gasteiger partial charge is 0.462 e. The Morgan fingerprint density at radius 2 is 2.05 bits per heavy atom. The first-order chi connectivity index (χ1) is 10.5. The van der Waals surface area contributed by atoms with E-state index in [-0.39, 0.29) is 35.7 Å². The zero-order valence-corrected chi connectivity index (χ0v) is 14.1. The highest BCUT2D eigenvalue weighted by Crippen LogP contribution is 2.57. The van der Waals surface area contributed by atoms with Gasteiger partial charge in [0.05, 0.1) is 11.8 Å². The fourth-order valence-electron chi connectivity index (χ4n) is 4.50. The number of anilines is 1. The summed E-state index contributed by atoms with van der Waals surface area (Å²) < 4.78 is 6.44. The van der Waals surface area contributed by atoms with E-state index in [1.54, 1.807) is 0 Å². The number of fused-ring (bicyclic) bond motifs is 1. The number of rotatable bonds is 2. The van der Waals surface area contributed by atoms with Crippen molar-refractivity contribution in [1.29, 1.82) is 0 Å². The fraction of sp³-hybridized carbons (Fsp3) is 0.529. The van der Waals surface area contributed by atoms with E-state index < -0.39 is 0 Å². The average molecular weight is 364 g/mol. The van der Waals surface area contributed by atoms with Gasteiger partial charge in [-0.05, 0) is 55.9 Å². The predicted octanol–water partition coefficient (Wildman–Crippen LogP) is 3.20. The molecule has 1 aromatic rings. The summed E-state index contributed by atoms with van der Waals surface area (Å²) in [6, 6.07) is 3.85. The molecule has 1 saturated heterocycles. The van der Waals surface area contributed by atoms with E-state index >= 15 is 0 Å². The molecule has 22 heavy (non-hydrogen) atoms. The zero-order valence-electron chi connectivity index (χ0n) is 12.6. The highest BCUT2D eigenvalue weighted by atomic mass is 79.9. The van der Waals surface area contributed by atoms with Crippen molar-refractivity contribution in [1.82, 2.24) is 0 Å². The normalized spacial score (nSPS) is 34.9. The van der Waals surface area contributed by atoms with Crippen molar-refractivity contribution in [3.05, 3.63) is 27.7 Å². The molecule has 1 heterocycles. The molecule has 1 aromatic carbocycles. The third-order valence-corrected chi connectivity index (χ3v) is 6.62. The van der Waals surface area contributed by atoms with E-state index in [9.17, 15) is 9.59 Å². The maximum absolute atomic E-state index is 12.8. The minimum absolute atomic E-state index is 0.0281. The van der Waals surface area contributed by atoms with Crippen molar-refractivity contribution in [3.63, 3.8) is 0 Å². The summed E-state index contributed by atoms with van der Waals surface area (Å²) in [5.74, 6) is -0.0806. The number of carbonyl (C=O) groups is 2. The van der Waals surface area contributed by atoms with Gasteiger partial charge in [0.15, 0.2) is 0 Å². The molecule has 3 fully saturated rings. The van der Waals surface area contributed by atoms with Crippen LogP contribution in [0.5, 0.6) is 0 Å². The van der Waals surface area contributed by atoms with E-state index in [0.29, 0.717) is 5.92 Å². The van der Waals surface area contributed by atoms with Gasteiger partial charge >= 0.3 is 5.97 Å².